The summed E-state index contributed by atoms with van der Waals surface area (Å²) in [6, 6.07) is 0. The van der Waals surface area contributed by atoms with Crippen molar-refractivity contribution >= 4 is 17.9 Å². The molecule has 114 valence electrons. The van der Waals surface area contributed by atoms with Crippen LogP contribution in [0, 0.1) is 0 Å². The van der Waals surface area contributed by atoms with Gasteiger partial charge in [0.15, 0.2) is 5.69 Å². The summed E-state index contributed by atoms with van der Waals surface area (Å²) in [7, 11) is 1.44. The maximum atomic E-state index is 11.8. The van der Waals surface area contributed by atoms with E-state index >= 15 is 0 Å². The van der Waals surface area contributed by atoms with E-state index in [1.165, 1.54) is 13.3 Å². The van der Waals surface area contributed by atoms with E-state index < -0.39 is 35.9 Å². The lowest BCUT2D eigenvalue weighted by molar-refractivity contribution is -0.0247. The summed E-state index contributed by atoms with van der Waals surface area (Å²) >= 11 is 0. The maximum Gasteiger partial charge on any atom is 0.278 e. The predicted molar refractivity (Wildman–Crippen MR) is 72.7 cm³/mol. The molecule has 0 radical (unpaired) electrons. The first-order valence-electron chi connectivity index (χ1n) is 6.48. The molecule has 3 heterocycles. The summed E-state index contributed by atoms with van der Waals surface area (Å²) in [6.07, 6.45) is -1.47. The number of aliphatic imine (C=N–C) groups is 1. The summed E-state index contributed by atoms with van der Waals surface area (Å²) in [5.74, 6) is -0.485. The molecule has 1 aromatic rings. The van der Waals surface area contributed by atoms with Gasteiger partial charge in [-0.1, -0.05) is 0 Å². The van der Waals surface area contributed by atoms with E-state index in [0.717, 1.165) is 0 Å². The molecule has 1 aromatic heterocycles. The Labute approximate surface area is 119 Å². The molecule has 0 aromatic carbocycles. The Morgan fingerprint density at radius 3 is 3.00 bits per heavy atom. The average Bonchev–Trinajstić information content (AvgIpc) is 2.99. The number of nitrogen functional groups attached to an aromatic ring is 1. The molecular weight excluding hydrogens is 280 g/mol. The molecule has 21 heavy (non-hydrogen) atoms. The minimum Gasteiger partial charge on any atom is -0.394 e. The molecular formula is C12H16N4O5. The molecule has 2 aliphatic heterocycles. The van der Waals surface area contributed by atoms with Gasteiger partial charge in [-0.15, -0.1) is 0 Å². The quantitative estimate of drug-likeness (QED) is 0.520. The number of nitrogens with one attached hydrogen (secondary N) is 1. The summed E-state index contributed by atoms with van der Waals surface area (Å²) in [6.45, 7) is -0.334. The number of hydrogen-bond acceptors (Lipinski definition) is 8. The molecule has 0 bridgehead atoms. The number of aliphatic hydroxyl groups excluding tert-OH is 2. The lowest BCUT2D eigenvalue weighted by Gasteiger charge is -2.22. The van der Waals surface area contributed by atoms with Gasteiger partial charge in [-0.2, -0.15) is 0 Å². The van der Waals surface area contributed by atoms with E-state index in [-0.39, 0.29) is 18.2 Å². The number of rotatable bonds is 3. The highest BCUT2D eigenvalue weighted by atomic mass is 16.6. The van der Waals surface area contributed by atoms with Crippen LogP contribution in [-0.2, 0) is 9.47 Å². The van der Waals surface area contributed by atoms with Crippen molar-refractivity contribution in [1.29, 1.82) is 0 Å². The van der Waals surface area contributed by atoms with Gasteiger partial charge in [-0.25, -0.2) is 4.98 Å². The molecule has 1 saturated heterocycles. The van der Waals surface area contributed by atoms with Crippen LogP contribution in [0.5, 0.6) is 0 Å². The molecule has 0 amide bonds. The molecule has 3 rings (SSSR count). The van der Waals surface area contributed by atoms with Gasteiger partial charge in [0, 0.05) is 13.3 Å². The third-order valence-corrected chi connectivity index (χ3v) is 3.80. The van der Waals surface area contributed by atoms with Crippen LogP contribution in [0.2, 0.25) is 0 Å². The van der Waals surface area contributed by atoms with Crippen LogP contribution >= 0.6 is 0 Å². The number of aromatic amines is 1. The maximum absolute atomic E-state index is 11.8. The van der Waals surface area contributed by atoms with Crippen molar-refractivity contribution in [2.75, 3.05) is 19.5 Å². The fraction of sp³-hybridized carbons (Fsp3) is 0.583. The number of nitrogens with zero attached hydrogens (tertiary/aromatic N) is 2. The Balaban J connectivity index is 1.97. The number of anilines is 1. The van der Waals surface area contributed by atoms with E-state index in [1.54, 1.807) is 0 Å². The zero-order valence-electron chi connectivity index (χ0n) is 11.3. The summed E-state index contributed by atoms with van der Waals surface area (Å²) in [4.78, 5) is 22.3. The van der Waals surface area contributed by atoms with Crippen molar-refractivity contribution < 1.29 is 19.7 Å². The van der Waals surface area contributed by atoms with E-state index in [0.29, 0.717) is 5.69 Å². The molecule has 0 spiro atoms. The van der Waals surface area contributed by atoms with Crippen LogP contribution in [0.3, 0.4) is 0 Å². The van der Waals surface area contributed by atoms with Crippen molar-refractivity contribution in [2.24, 2.45) is 4.99 Å². The topological polar surface area (TPSA) is 143 Å². The Hall–Kier alpha value is -1.81. The number of fused-ring (bicyclic) bond motifs is 1. The van der Waals surface area contributed by atoms with E-state index in [4.69, 9.17) is 15.2 Å². The first kappa shape index (κ1) is 14.1. The van der Waals surface area contributed by atoms with Crippen LogP contribution in [-0.4, -0.2) is 64.5 Å². The third-order valence-electron chi connectivity index (χ3n) is 3.80. The summed E-state index contributed by atoms with van der Waals surface area (Å²) in [5.41, 5.74) is 5.69. The fourth-order valence-electron chi connectivity index (χ4n) is 2.80. The van der Waals surface area contributed by atoms with Gasteiger partial charge in [0.1, 0.15) is 24.4 Å². The third kappa shape index (κ3) is 2.14. The molecule has 0 saturated carbocycles. The second kappa shape index (κ2) is 5.19. The first-order valence-corrected chi connectivity index (χ1v) is 6.48. The second-order valence-corrected chi connectivity index (χ2v) is 5.00. The van der Waals surface area contributed by atoms with Crippen LogP contribution in [0.4, 0.5) is 11.6 Å². The monoisotopic (exact) mass is 296 g/mol. The number of aliphatic hydroxyl groups is 2. The first-order chi connectivity index (χ1) is 10.1. The number of methoxy groups -OCH3 is 1. The van der Waals surface area contributed by atoms with Crippen molar-refractivity contribution in [3.8, 4) is 0 Å². The molecule has 5 atom stereocenters. The Bertz CT molecular complexity index is 631. The highest BCUT2D eigenvalue weighted by Gasteiger charge is 2.49. The average molecular weight is 296 g/mol. The van der Waals surface area contributed by atoms with Gasteiger partial charge in [0.2, 0.25) is 5.95 Å². The second-order valence-electron chi connectivity index (χ2n) is 5.00. The molecule has 5 N–H and O–H groups in total. The highest BCUT2D eigenvalue weighted by molar-refractivity contribution is 5.80. The van der Waals surface area contributed by atoms with E-state index in [9.17, 15) is 15.0 Å². The number of hydrogen-bond donors (Lipinski definition) is 4. The molecule has 2 unspecified atom stereocenters. The number of aromatic nitrogens is 2. The number of nitrogens with two attached hydrogens (primary N) is 1. The Morgan fingerprint density at radius 1 is 1.57 bits per heavy atom. The van der Waals surface area contributed by atoms with E-state index in [1.807, 2.05) is 0 Å². The summed E-state index contributed by atoms with van der Waals surface area (Å²) < 4.78 is 10.9. The summed E-state index contributed by atoms with van der Waals surface area (Å²) in [5, 5.41) is 19.3. The lowest BCUT2D eigenvalue weighted by atomic mass is 9.94. The van der Waals surface area contributed by atoms with Gasteiger partial charge in [-0.3, -0.25) is 14.8 Å². The van der Waals surface area contributed by atoms with Crippen molar-refractivity contribution in [1.82, 2.24) is 9.97 Å². The minimum atomic E-state index is -0.971. The molecule has 0 aliphatic carbocycles. The van der Waals surface area contributed by atoms with Crippen LogP contribution in [0.1, 0.15) is 11.6 Å². The zero-order chi connectivity index (χ0) is 15.1. The molecule has 9 nitrogen and oxygen atoms in total. The van der Waals surface area contributed by atoms with Crippen molar-refractivity contribution in [3.05, 3.63) is 16.0 Å². The Morgan fingerprint density at radius 2 is 2.33 bits per heavy atom. The molecule has 9 heteroatoms. The van der Waals surface area contributed by atoms with Gasteiger partial charge in [-0.05, 0) is 0 Å². The number of ether oxygens (including phenoxy) is 2. The normalized spacial score (nSPS) is 34.3. The smallest absolute Gasteiger partial charge is 0.278 e. The predicted octanol–water partition coefficient (Wildman–Crippen LogP) is -1.71. The lowest BCUT2D eigenvalue weighted by Crippen LogP contribution is -2.38. The van der Waals surface area contributed by atoms with Crippen molar-refractivity contribution in [2.45, 2.75) is 30.3 Å². The molecule has 2 aliphatic rings. The van der Waals surface area contributed by atoms with Crippen LogP contribution < -0.4 is 11.3 Å². The standard InChI is InChI=1S/C12H16N4O5/c1-20-10-8(18)5(3-17)21-9(10)4-2-14-7-6(4)15-12(13)16-11(7)19/h2,4-5,8-10,17-18H,3H2,1H3,(H3,13,15,16,19)/t4?,5-,8-,9?,10-/m1/s1. The molecule has 1 fully saturated rings. The largest absolute Gasteiger partial charge is 0.394 e. The zero-order valence-corrected chi connectivity index (χ0v) is 11.3. The highest BCUT2D eigenvalue weighted by Crippen LogP contribution is 2.37. The van der Waals surface area contributed by atoms with Gasteiger partial charge in [0.25, 0.3) is 5.56 Å². The minimum absolute atomic E-state index is 0.0135. The van der Waals surface area contributed by atoms with Gasteiger partial charge < -0.3 is 25.4 Å². The van der Waals surface area contributed by atoms with Crippen LogP contribution in [0.15, 0.2) is 9.79 Å². The van der Waals surface area contributed by atoms with Gasteiger partial charge >= 0.3 is 0 Å². The van der Waals surface area contributed by atoms with Crippen LogP contribution in [0.25, 0.3) is 0 Å². The number of H-pyrrole nitrogens is 1. The van der Waals surface area contributed by atoms with Crippen molar-refractivity contribution in [3.63, 3.8) is 0 Å². The fourth-order valence-corrected chi connectivity index (χ4v) is 2.80. The SMILES string of the molecule is CO[C@H]1C(C2C=Nc3c2nc(N)[nH]c3=O)O[C@H](CO)[C@H]1O. The Kier molecular flexibility index (Phi) is 3.49. The van der Waals surface area contributed by atoms with Gasteiger partial charge in [0.05, 0.1) is 18.2 Å². The van der Waals surface area contributed by atoms with E-state index in [2.05, 4.69) is 15.0 Å².